The van der Waals surface area contributed by atoms with Gasteiger partial charge in [-0.1, -0.05) is 39.0 Å². The minimum absolute atomic E-state index is 0.0880. The van der Waals surface area contributed by atoms with Crippen molar-refractivity contribution in [3.05, 3.63) is 29.3 Å². The van der Waals surface area contributed by atoms with Crippen molar-refractivity contribution in [3.8, 4) is 0 Å². The third-order valence-electron chi connectivity index (χ3n) is 5.31. The fourth-order valence-corrected chi connectivity index (χ4v) is 4.78. The van der Waals surface area contributed by atoms with E-state index in [-0.39, 0.29) is 18.5 Å². The molecule has 0 aliphatic carbocycles. The first-order valence-electron chi connectivity index (χ1n) is 9.71. The summed E-state index contributed by atoms with van der Waals surface area (Å²) in [4.78, 5) is 14.9. The van der Waals surface area contributed by atoms with Gasteiger partial charge in [-0.25, -0.2) is 8.42 Å². The van der Waals surface area contributed by atoms with Crippen LogP contribution in [0.5, 0.6) is 0 Å². The Hall–Kier alpha value is -1.56. The van der Waals surface area contributed by atoms with Gasteiger partial charge in [-0.3, -0.25) is 9.10 Å². The summed E-state index contributed by atoms with van der Waals surface area (Å²) in [5, 5.41) is 0. The van der Waals surface area contributed by atoms with Crippen LogP contribution in [-0.2, 0) is 27.7 Å². The molecule has 1 unspecified atom stereocenters. The van der Waals surface area contributed by atoms with Crippen molar-refractivity contribution < 1.29 is 13.2 Å². The molecule has 0 aromatic heterocycles. The SMILES string of the molecule is CCc1cccc(CC)c1N(CC(=O)N1CCCCC1CC)S(C)(=O)=O. The molecule has 1 amide bonds. The molecule has 0 bridgehead atoms. The zero-order chi connectivity index (χ0) is 19.3. The van der Waals surface area contributed by atoms with E-state index in [0.29, 0.717) is 5.69 Å². The van der Waals surface area contributed by atoms with Gasteiger partial charge in [-0.2, -0.15) is 0 Å². The van der Waals surface area contributed by atoms with Crippen molar-refractivity contribution in [2.75, 3.05) is 23.7 Å². The highest BCUT2D eigenvalue weighted by atomic mass is 32.2. The van der Waals surface area contributed by atoms with E-state index in [0.717, 1.165) is 56.2 Å². The summed E-state index contributed by atoms with van der Waals surface area (Å²) in [6, 6.07) is 6.09. The molecule has 0 spiro atoms. The quantitative estimate of drug-likeness (QED) is 0.729. The minimum atomic E-state index is -3.56. The summed E-state index contributed by atoms with van der Waals surface area (Å²) in [5.74, 6) is -0.0880. The molecule has 1 aliphatic rings. The zero-order valence-corrected chi connectivity index (χ0v) is 17.3. The normalized spacial score (nSPS) is 18.0. The Morgan fingerprint density at radius 2 is 1.77 bits per heavy atom. The van der Waals surface area contributed by atoms with Gasteiger partial charge >= 0.3 is 0 Å². The molecule has 146 valence electrons. The summed E-state index contributed by atoms with van der Waals surface area (Å²) < 4.78 is 26.5. The summed E-state index contributed by atoms with van der Waals surface area (Å²) in [5.41, 5.74) is 2.62. The van der Waals surface area contributed by atoms with Gasteiger partial charge < -0.3 is 4.90 Å². The number of para-hydroxylation sites is 1. The average Bonchev–Trinajstić information content (AvgIpc) is 2.64. The molecular weight excluding hydrogens is 348 g/mol. The molecule has 1 aromatic rings. The Kier molecular flexibility index (Phi) is 7.09. The fraction of sp³-hybridized carbons (Fsp3) is 0.650. The van der Waals surface area contributed by atoms with Crippen LogP contribution in [0.4, 0.5) is 5.69 Å². The van der Waals surface area contributed by atoms with Crippen LogP contribution in [-0.4, -0.2) is 44.6 Å². The number of hydrogen-bond acceptors (Lipinski definition) is 3. The Morgan fingerprint density at radius 3 is 2.27 bits per heavy atom. The van der Waals surface area contributed by atoms with Crippen LogP contribution in [0.25, 0.3) is 0 Å². The Bertz CT molecular complexity index is 708. The van der Waals surface area contributed by atoms with Crippen molar-refractivity contribution >= 4 is 21.6 Å². The van der Waals surface area contributed by atoms with Crippen LogP contribution in [0.3, 0.4) is 0 Å². The molecule has 26 heavy (non-hydrogen) atoms. The monoisotopic (exact) mass is 380 g/mol. The van der Waals surface area contributed by atoms with Crippen molar-refractivity contribution in [2.24, 2.45) is 0 Å². The van der Waals surface area contributed by atoms with Gasteiger partial charge in [0.2, 0.25) is 15.9 Å². The molecule has 2 rings (SSSR count). The maximum absolute atomic E-state index is 13.0. The molecule has 6 heteroatoms. The van der Waals surface area contributed by atoms with Crippen LogP contribution in [0.2, 0.25) is 0 Å². The molecule has 1 aromatic carbocycles. The van der Waals surface area contributed by atoms with Crippen LogP contribution in [0, 0.1) is 0 Å². The summed E-state index contributed by atoms with van der Waals surface area (Å²) in [6.45, 7) is 6.73. The van der Waals surface area contributed by atoms with Crippen LogP contribution >= 0.6 is 0 Å². The lowest BCUT2D eigenvalue weighted by Gasteiger charge is -2.37. The van der Waals surface area contributed by atoms with Gasteiger partial charge in [0, 0.05) is 12.6 Å². The van der Waals surface area contributed by atoms with E-state index in [1.807, 2.05) is 36.9 Å². The van der Waals surface area contributed by atoms with Crippen molar-refractivity contribution in [1.29, 1.82) is 0 Å². The predicted molar refractivity (Wildman–Crippen MR) is 107 cm³/mol. The lowest BCUT2D eigenvalue weighted by Crippen LogP contribution is -2.49. The van der Waals surface area contributed by atoms with Gasteiger partial charge in [0.25, 0.3) is 0 Å². The van der Waals surface area contributed by atoms with Gasteiger partial charge in [-0.05, 0) is 49.7 Å². The van der Waals surface area contributed by atoms with Crippen molar-refractivity contribution in [3.63, 3.8) is 0 Å². The lowest BCUT2D eigenvalue weighted by molar-refractivity contribution is -0.133. The predicted octanol–water partition coefficient (Wildman–Crippen LogP) is 3.37. The molecule has 0 radical (unpaired) electrons. The third-order valence-corrected chi connectivity index (χ3v) is 6.42. The topological polar surface area (TPSA) is 57.7 Å². The number of aryl methyl sites for hydroxylation is 2. The van der Waals surface area contributed by atoms with Gasteiger partial charge in [0.05, 0.1) is 11.9 Å². The fourth-order valence-electron chi connectivity index (χ4n) is 3.86. The van der Waals surface area contributed by atoms with E-state index in [2.05, 4.69) is 6.92 Å². The van der Waals surface area contributed by atoms with Gasteiger partial charge in [0.1, 0.15) is 6.54 Å². The van der Waals surface area contributed by atoms with E-state index in [1.165, 1.54) is 10.6 Å². The Labute approximate surface area is 158 Å². The standard InChI is InChI=1S/C20H32N2O3S/c1-5-16-11-10-12-17(6-2)20(16)22(26(4,24)25)15-19(23)21-14-9-8-13-18(21)7-3/h10-12,18H,5-9,13-15H2,1-4H3. The first kappa shape index (κ1) is 20.7. The molecule has 1 saturated heterocycles. The highest BCUT2D eigenvalue weighted by Gasteiger charge is 2.30. The molecule has 5 nitrogen and oxygen atoms in total. The van der Waals surface area contributed by atoms with Crippen LogP contribution < -0.4 is 4.31 Å². The van der Waals surface area contributed by atoms with E-state index >= 15 is 0 Å². The van der Waals surface area contributed by atoms with E-state index in [1.54, 1.807) is 0 Å². The third kappa shape index (κ3) is 4.58. The second-order valence-electron chi connectivity index (χ2n) is 7.05. The van der Waals surface area contributed by atoms with Gasteiger partial charge in [-0.15, -0.1) is 0 Å². The maximum atomic E-state index is 13.0. The first-order chi connectivity index (χ1) is 12.3. The molecule has 1 heterocycles. The van der Waals surface area contributed by atoms with Gasteiger partial charge in [0.15, 0.2) is 0 Å². The number of benzene rings is 1. The number of nitrogens with zero attached hydrogens (tertiary/aromatic N) is 2. The molecule has 0 N–H and O–H groups in total. The largest absolute Gasteiger partial charge is 0.338 e. The number of anilines is 1. The number of rotatable bonds is 7. The van der Waals surface area contributed by atoms with Crippen molar-refractivity contribution in [2.45, 2.75) is 65.3 Å². The van der Waals surface area contributed by atoms with E-state index in [9.17, 15) is 13.2 Å². The number of carbonyl (C=O) groups excluding carboxylic acids is 1. The van der Waals surface area contributed by atoms with Crippen molar-refractivity contribution in [1.82, 2.24) is 4.90 Å². The molecule has 1 atom stereocenters. The highest BCUT2D eigenvalue weighted by Crippen LogP contribution is 2.29. The Balaban J connectivity index is 2.40. The molecule has 0 saturated carbocycles. The summed E-state index contributed by atoms with van der Waals surface area (Å²) >= 11 is 0. The number of likely N-dealkylation sites (tertiary alicyclic amines) is 1. The smallest absolute Gasteiger partial charge is 0.243 e. The first-order valence-corrected chi connectivity index (χ1v) is 11.6. The molecular formula is C20H32N2O3S. The lowest BCUT2D eigenvalue weighted by atomic mass is 10.00. The summed E-state index contributed by atoms with van der Waals surface area (Å²) in [7, 11) is -3.56. The number of hydrogen-bond donors (Lipinski definition) is 0. The van der Waals surface area contributed by atoms with E-state index in [4.69, 9.17) is 0 Å². The molecule has 1 fully saturated rings. The number of amides is 1. The van der Waals surface area contributed by atoms with E-state index < -0.39 is 10.0 Å². The number of sulfonamides is 1. The maximum Gasteiger partial charge on any atom is 0.243 e. The second kappa shape index (κ2) is 8.89. The van der Waals surface area contributed by atoms with Crippen LogP contribution in [0.1, 0.15) is 57.6 Å². The second-order valence-corrected chi connectivity index (χ2v) is 8.95. The average molecular weight is 381 g/mol. The zero-order valence-electron chi connectivity index (χ0n) is 16.5. The Morgan fingerprint density at radius 1 is 1.15 bits per heavy atom. The van der Waals surface area contributed by atoms with Crippen LogP contribution in [0.15, 0.2) is 18.2 Å². The molecule has 1 aliphatic heterocycles. The number of carbonyl (C=O) groups is 1. The number of piperidine rings is 1. The minimum Gasteiger partial charge on any atom is -0.338 e. The highest BCUT2D eigenvalue weighted by molar-refractivity contribution is 7.92. The summed E-state index contributed by atoms with van der Waals surface area (Å²) in [6.07, 6.45) is 6.70.